The van der Waals surface area contributed by atoms with Crippen LogP contribution in [0.5, 0.6) is 11.5 Å². The van der Waals surface area contributed by atoms with Crippen LogP contribution in [0.25, 0.3) is 0 Å². The van der Waals surface area contributed by atoms with Crippen molar-refractivity contribution < 1.29 is 19.1 Å². The lowest BCUT2D eigenvalue weighted by Crippen LogP contribution is -2.52. The second-order valence-corrected chi connectivity index (χ2v) is 7.71. The summed E-state index contributed by atoms with van der Waals surface area (Å²) in [5.74, 6) is 0.736. The molecule has 0 aromatic heterocycles. The maximum Gasteiger partial charge on any atom is 0.276 e. The highest BCUT2D eigenvalue weighted by molar-refractivity contribution is 6.04. The Balaban J connectivity index is 1.57. The highest BCUT2D eigenvalue weighted by Crippen LogP contribution is 2.32. The zero-order valence-corrected chi connectivity index (χ0v) is 18.7. The van der Waals surface area contributed by atoms with Crippen molar-refractivity contribution in [2.45, 2.75) is 25.9 Å². The van der Waals surface area contributed by atoms with E-state index in [4.69, 9.17) is 9.47 Å². The van der Waals surface area contributed by atoms with E-state index < -0.39 is 6.17 Å². The van der Waals surface area contributed by atoms with E-state index in [9.17, 15) is 9.59 Å². The molecule has 1 heterocycles. The normalized spacial score (nSPS) is 14.8. The average Bonchev–Trinajstić information content (AvgIpc) is 2.86. The van der Waals surface area contributed by atoms with Gasteiger partial charge in [-0.2, -0.15) is 0 Å². The summed E-state index contributed by atoms with van der Waals surface area (Å²) in [6, 6.07) is 21.5. The Morgan fingerprint density at radius 2 is 1.70 bits per heavy atom. The predicted molar refractivity (Wildman–Crippen MR) is 126 cm³/mol. The van der Waals surface area contributed by atoms with Crippen molar-refractivity contribution in [3.05, 3.63) is 89.5 Å². The van der Waals surface area contributed by atoms with Crippen LogP contribution < -0.4 is 20.2 Å². The van der Waals surface area contributed by atoms with Crippen molar-refractivity contribution in [3.63, 3.8) is 0 Å². The molecule has 0 spiro atoms. The van der Waals surface area contributed by atoms with Gasteiger partial charge in [-0.15, -0.1) is 0 Å². The van der Waals surface area contributed by atoms with E-state index in [1.165, 1.54) is 5.01 Å². The summed E-state index contributed by atoms with van der Waals surface area (Å²) in [6.07, 6.45) is 1.44. The van der Waals surface area contributed by atoms with E-state index in [2.05, 4.69) is 17.7 Å². The molecule has 2 amide bonds. The number of methoxy groups -OCH3 is 1. The van der Waals surface area contributed by atoms with Crippen LogP contribution in [0.4, 0.5) is 5.69 Å². The molecule has 0 bridgehead atoms. The number of rotatable bonds is 8. The second kappa shape index (κ2) is 10.1. The monoisotopic (exact) mass is 445 g/mol. The molecule has 3 aromatic carbocycles. The van der Waals surface area contributed by atoms with Gasteiger partial charge in [0, 0.05) is 11.3 Å². The number of fused-ring (bicyclic) bond motifs is 1. The number of carbonyl (C=O) groups excluding carboxylic acids is 2. The summed E-state index contributed by atoms with van der Waals surface area (Å²) in [7, 11) is 1.60. The Bertz CT molecular complexity index is 1110. The second-order valence-electron chi connectivity index (χ2n) is 7.71. The first-order valence-corrected chi connectivity index (χ1v) is 11.0. The summed E-state index contributed by atoms with van der Waals surface area (Å²) in [6.45, 7) is 2.74. The van der Waals surface area contributed by atoms with Crippen molar-refractivity contribution in [2.75, 3.05) is 19.0 Å². The summed E-state index contributed by atoms with van der Waals surface area (Å²) in [5.41, 5.74) is 5.22. The van der Waals surface area contributed by atoms with Gasteiger partial charge in [0.2, 0.25) is 0 Å². The Labute approximate surface area is 193 Å². The minimum absolute atomic E-state index is 0.293. The quantitative estimate of drug-likeness (QED) is 0.488. The largest absolute Gasteiger partial charge is 0.497 e. The van der Waals surface area contributed by atoms with Gasteiger partial charge in [0.1, 0.15) is 17.7 Å². The maximum atomic E-state index is 13.3. The molecule has 1 unspecified atom stereocenters. The molecule has 0 saturated carbocycles. The minimum Gasteiger partial charge on any atom is -0.497 e. The number of hydrogen-bond donors (Lipinski definition) is 2. The van der Waals surface area contributed by atoms with E-state index in [-0.39, 0.29) is 11.8 Å². The highest BCUT2D eigenvalue weighted by atomic mass is 16.5. The molecule has 0 saturated heterocycles. The molecule has 0 aliphatic carbocycles. The molecule has 0 radical (unpaired) electrons. The number of nitrogens with one attached hydrogen (secondary N) is 2. The van der Waals surface area contributed by atoms with Crippen molar-refractivity contribution in [1.29, 1.82) is 0 Å². The van der Waals surface area contributed by atoms with Crippen LogP contribution in [-0.2, 0) is 0 Å². The van der Waals surface area contributed by atoms with E-state index in [0.29, 0.717) is 34.9 Å². The van der Waals surface area contributed by atoms with Gasteiger partial charge in [0.05, 0.1) is 19.3 Å². The van der Waals surface area contributed by atoms with Gasteiger partial charge in [-0.05, 0) is 60.5 Å². The molecule has 33 heavy (non-hydrogen) atoms. The molecule has 1 atom stereocenters. The van der Waals surface area contributed by atoms with Crippen LogP contribution in [-0.4, -0.2) is 30.5 Å². The Hall–Kier alpha value is -4.00. The third kappa shape index (κ3) is 4.92. The first-order valence-electron chi connectivity index (χ1n) is 11.0. The number of hydrazine groups is 1. The molecule has 7 nitrogen and oxygen atoms in total. The standard InChI is InChI=1S/C26H27N3O4/c1-3-4-17-33-21-15-11-19(12-16-21)25(30)28-29-24(18-9-13-20(32-2)14-10-18)27-23-8-6-5-7-22(23)26(29)31/h5-16,24,27H,3-4,17H2,1-2H3,(H,28,30). The van der Waals surface area contributed by atoms with Gasteiger partial charge < -0.3 is 14.8 Å². The average molecular weight is 446 g/mol. The number of hydrogen-bond acceptors (Lipinski definition) is 5. The first kappa shape index (κ1) is 22.2. The number of ether oxygens (including phenoxy) is 2. The zero-order chi connectivity index (χ0) is 23.2. The molecule has 7 heteroatoms. The van der Waals surface area contributed by atoms with Crippen molar-refractivity contribution >= 4 is 17.5 Å². The molecule has 3 aromatic rings. The van der Waals surface area contributed by atoms with Gasteiger partial charge in [-0.3, -0.25) is 15.0 Å². The number of benzene rings is 3. The number of para-hydroxylation sites is 1. The molecule has 0 fully saturated rings. The SMILES string of the molecule is CCCCOc1ccc(C(=O)NN2C(=O)c3ccccc3NC2c2ccc(OC)cc2)cc1. The molecular formula is C26H27N3O4. The number of unbranched alkanes of at least 4 members (excludes halogenated alkanes) is 1. The van der Waals surface area contributed by atoms with Crippen LogP contribution in [0.2, 0.25) is 0 Å². The lowest BCUT2D eigenvalue weighted by atomic mass is 10.0. The number of carbonyl (C=O) groups is 2. The zero-order valence-electron chi connectivity index (χ0n) is 18.7. The highest BCUT2D eigenvalue weighted by Gasteiger charge is 2.34. The summed E-state index contributed by atoms with van der Waals surface area (Å²) in [5, 5.41) is 4.69. The van der Waals surface area contributed by atoms with Gasteiger partial charge in [0.25, 0.3) is 11.8 Å². The van der Waals surface area contributed by atoms with Crippen molar-refractivity contribution in [3.8, 4) is 11.5 Å². The van der Waals surface area contributed by atoms with E-state index in [1.807, 2.05) is 36.4 Å². The molecule has 1 aliphatic rings. The predicted octanol–water partition coefficient (Wildman–Crippen LogP) is 4.79. The van der Waals surface area contributed by atoms with Gasteiger partial charge in [0.15, 0.2) is 0 Å². The fraction of sp³-hybridized carbons (Fsp3) is 0.231. The van der Waals surface area contributed by atoms with Crippen molar-refractivity contribution in [1.82, 2.24) is 10.4 Å². The third-order valence-electron chi connectivity index (χ3n) is 5.46. The van der Waals surface area contributed by atoms with Crippen molar-refractivity contribution in [2.24, 2.45) is 0 Å². The lowest BCUT2D eigenvalue weighted by Gasteiger charge is -2.37. The topological polar surface area (TPSA) is 79.9 Å². The van der Waals surface area contributed by atoms with Gasteiger partial charge in [-0.1, -0.05) is 37.6 Å². The molecule has 4 rings (SSSR count). The van der Waals surface area contributed by atoms with Crippen LogP contribution in [0.15, 0.2) is 72.8 Å². The van der Waals surface area contributed by atoms with Crippen LogP contribution in [0.1, 0.15) is 52.2 Å². The number of anilines is 1. The summed E-state index contributed by atoms with van der Waals surface area (Å²) >= 11 is 0. The van der Waals surface area contributed by atoms with Crippen LogP contribution in [0, 0.1) is 0 Å². The van der Waals surface area contributed by atoms with Gasteiger partial charge in [-0.25, -0.2) is 5.01 Å². The fourth-order valence-electron chi connectivity index (χ4n) is 3.60. The van der Waals surface area contributed by atoms with E-state index >= 15 is 0 Å². The van der Waals surface area contributed by atoms with Crippen LogP contribution in [0.3, 0.4) is 0 Å². The molecule has 1 aliphatic heterocycles. The molecule has 2 N–H and O–H groups in total. The summed E-state index contributed by atoms with van der Waals surface area (Å²) < 4.78 is 10.9. The fourth-order valence-corrected chi connectivity index (χ4v) is 3.60. The smallest absolute Gasteiger partial charge is 0.276 e. The van der Waals surface area contributed by atoms with E-state index in [1.54, 1.807) is 43.5 Å². The van der Waals surface area contributed by atoms with E-state index in [0.717, 1.165) is 18.4 Å². The van der Waals surface area contributed by atoms with Gasteiger partial charge >= 0.3 is 0 Å². The lowest BCUT2D eigenvalue weighted by molar-refractivity contribution is 0.0491. The third-order valence-corrected chi connectivity index (χ3v) is 5.46. The Morgan fingerprint density at radius 1 is 1.00 bits per heavy atom. The Kier molecular flexibility index (Phi) is 6.78. The van der Waals surface area contributed by atoms with Crippen LogP contribution >= 0.6 is 0 Å². The minimum atomic E-state index is -0.584. The maximum absolute atomic E-state index is 13.3. The Morgan fingerprint density at radius 3 is 2.39 bits per heavy atom. The summed E-state index contributed by atoms with van der Waals surface area (Å²) in [4.78, 5) is 26.3. The number of nitrogens with zero attached hydrogens (tertiary/aromatic N) is 1. The first-order chi connectivity index (χ1) is 16.1. The molecule has 170 valence electrons. The molecular weight excluding hydrogens is 418 g/mol. The number of amides is 2.